The van der Waals surface area contributed by atoms with Crippen molar-refractivity contribution in [3.8, 4) is 11.3 Å². The summed E-state index contributed by atoms with van der Waals surface area (Å²) in [5.74, 6) is 0.230. The van der Waals surface area contributed by atoms with Gasteiger partial charge in [0.25, 0.3) is 0 Å². The van der Waals surface area contributed by atoms with Gasteiger partial charge in [-0.15, -0.1) is 0 Å². The molecule has 2 heterocycles. The fourth-order valence-electron chi connectivity index (χ4n) is 1.71. The largest absolute Gasteiger partial charge is 0.416 e. The van der Waals surface area contributed by atoms with Crippen LogP contribution in [-0.4, -0.2) is 16.5 Å². The van der Waals surface area contributed by atoms with Gasteiger partial charge >= 0.3 is 6.18 Å². The standard InChI is InChI=1S/C14H14F3N3/c1-2-5-19-13-9-11(14(15,16)17)8-12(20-13)10-3-6-18-7-4-10/h3-4,6-9H,2,5H2,1H3,(H,19,20). The summed E-state index contributed by atoms with van der Waals surface area (Å²) in [6, 6.07) is 5.34. The summed E-state index contributed by atoms with van der Waals surface area (Å²) < 4.78 is 38.8. The highest BCUT2D eigenvalue weighted by molar-refractivity contribution is 5.62. The number of hydrogen-bond acceptors (Lipinski definition) is 3. The van der Waals surface area contributed by atoms with E-state index in [1.807, 2.05) is 6.92 Å². The molecule has 20 heavy (non-hydrogen) atoms. The smallest absolute Gasteiger partial charge is 0.370 e. The van der Waals surface area contributed by atoms with Gasteiger partial charge in [-0.2, -0.15) is 13.2 Å². The molecule has 0 atom stereocenters. The lowest BCUT2D eigenvalue weighted by atomic mass is 10.1. The van der Waals surface area contributed by atoms with Crippen molar-refractivity contribution in [3.05, 3.63) is 42.2 Å². The van der Waals surface area contributed by atoms with Crippen molar-refractivity contribution < 1.29 is 13.2 Å². The van der Waals surface area contributed by atoms with Gasteiger partial charge in [-0.3, -0.25) is 4.98 Å². The number of rotatable bonds is 4. The van der Waals surface area contributed by atoms with Crippen LogP contribution < -0.4 is 5.32 Å². The molecule has 0 fully saturated rings. The van der Waals surface area contributed by atoms with Crippen molar-refractivity contribution in [3.63, 3.8) is 0 Å². The Morgan fingerprint density at radius 1 is 1.15 bits per heavy atom. The molecule has 2 rings (SSSR count). The Kier molecular flexibility index (Phi) is 4.22. The number of aromatic nitrogens is 2. The second-order valence-corrected chi connectivity index (χ2v) is 4.29. The zero-order valence-electron chi connectivity index (χ0n) is 10.9. The number of halogens is 3. The van der Waals surface area contributed by atoms with Crippen LogP contribution in [0.4, 0.5) is 19.0 Å². The van der Waals surface area contributed by atoms with Crippen LogP contribution in [0.3, 0.4) is 0 Å². The van der Waals surface area contributed by atoms with E-state index in [1.165, 1.54) is 12.4 Å². The Hall–Kier alpha value is -2.11. The number of nitrogens with one attached hydrogen (secondary N) is 1. The second kappa shape index (κ2) is 5.90. The maximum atomic E-state index is 12.9. The molecule has 0 saturated carbocycles. The van der Waals surface area contributed by atoms with Crippen LogP contribution in [-0.2, 0) is 6.18 Å². The third-order valence-electron chi connectivity index (χ3n) is 2.68. The molecule has 0 radical (unpaired) electrons. The Bertz CT molecular complexity index is 568. The molecule has 0 aliphatic carbocycles. The summed E-state index contributed by atoms with van der Waals surface area (Å²) in [7, 11) is 0. The fraction of sp³-hybridized carbons (Fsp3) is 0.286. The van der Waals surface area contributed by atoms with Crippen LogP contribution >= 0.6 is 0 Å². The molecule has 0 aromatic carbocycles. The van der Waals surface area contributed by atoms with Crippen LogP contribution in [0.25, 0.3) is 11.3 Å². The first-order valence-corrected chi connectivity index (χ1v) is 6.24. The lowest BCUT2D eigenvalue weighted by Crippen LogP contribution is -2.09. The summed E-state index contributed by atoms with van der Waals surface area (Å²) in [6.07, 6.45) is -0.539. The van der Waals surface area contributed by atoms with E-state index in [4.69, 9.17) is 0 Å². The maximum Gasteiger partial charge on any atom is 0.416 e. The molecule has 2 aromatic rings. The molecule has 0 aliphatic rings. The quantitative estimate of drug-likeness (QED) is 0.921. The molecule has 106 valence electrons. The van der Waals surface area contributed by atoms with E-state index in [9.17, 15) is 13.2 Å². The van der Waals surface area contributed by atoms with Gasteiger partial charge in [0.05, 0.1) is 11.3 Å². The SMILES string of the molecule is CCCNc1cc(C(F)(F)F)cc(-c2ccncc2)n1. The minimum atomic E-state index is -4.40. The minimum Gasteiger partial charge on any atom is -0.370 e. The van der Waals surface area contributed by atoms with E-state index >= 15 is 0 Å². The average Bonchev–Trinajstić information content (AvgIpc) is 2.45. The zero-order valence-corrected chi connectivity index (χ0v) is 10.9. The van der Waals surface area contributed by atoms with Crippen LogP contribution in [0.5, 0.6) is 0 Å². The zero-order chi connectivity index (χ0) is 14.6. The lowest BCUT2D eigenvalue weighted by Gasteiger charge is -2.12. The first-order valence-electron chi connectivity index (χ1n) is 6.24. The van der Waals surface area contributed by atoms with Crippen molar-refractivity contribution in [1.82, 2.24) is 9.97 Å². The molecular formula is C14H14F3N3. The Morgan fingerprint density at radius 2 is 1.85 bits per heavy atom. The van der Waals surface area contributed by atoms with Gasteiger partial charge in [0.2, 0.25) is 0 Å². The molecule has 0 aliphatic heterocycles. The number of alkyl halides is 3. The molecule has 2 aromatic heterocycles. The van der Waals surface area contributed by atoms with Crippen molar-refractivity contribution in [2.45, 2.75) is 19.5 Å². The number of anilines is 1. The molecule has 1 N–H and O–H groups in total. The minimum absolute atomic E-state index is 0.230. The Balaban J connectivity index is 2.46. The fourth-order valence-corrected chi connectivity index (χ4v) is 1.71. The van der Waals surface area contributed by atoms with Crippen LogP contribution in [0, 0.1) is 0 Å². The van der Waals surface area contributed by atoms with Crippen LogP contribution in [0.1, 0.15) is 18.9 Å². The Morgan fingerprint density at radius 3 is 2.45 bits per heavy atom. The average molecular weight is 281 g/mol. The highest BCUT2D eigenvalue weighted by atomic mass is 19.4. The molecule has 0 saturated heterocycles. The number of hydrogen-bond donors (Lipinski definition) is 1. The molecular weight excluding hydrogens is 267 g/mol. The van der Waals surface area contributed by atoms with E-state index < -0.39 is 11.7 Å². The summed E-state index contributed by atoms with van der Waals surface area (Å²) in [5.41, 5.74) is 0.171. The summed E-state index contributed by atoms with van der Waals surface area (Å²) in [6.45, 7) is 2.51. The van der Waals surface area contributed by atoms with E-state index in [2.05, 4.69) is 15.3 Å². The summed E-state index contributed by atoms with van der Waals surface area (Å²) in [5, 5.41) is 2.89. The number of nitrogens with zero attached hydrogens (tertiary/aromatic N) is 2. The van der Waals surface area contributed by atoms with Gasteiger partial charge in [-0.1, -0.05) is 6.92 Å². The first kappa shape index (κ1) is 14.3. The normalized spacial score (nSPS) is 11.4. The summed E-state index contributed by atoms with van der Waals surface area (Å²) >= 11 is 0. The second-order valence-electron chi connectivity index (χ2n) is 4.29. The van der Waals surface area contributed by atoms with Gasteiger partial charge in [-0.25, -0.2) is 4.98 Å². The van der Waals surface area contributed by atoms with E-state index in [1.54, 1.807) is 12.1 Å². The van der Waals surface area contributed by atoms with Crippen molar-refractivity contribution in [2.24, 2.45) is 0 Å². The van der Waals surface area contributed by atoms with Gasteiger partial charge in [0, 0.05) is 24.5 Å². The van der Waals surface area contributed by atoms with Crippen LogP contribution in [0.15, 0.2) is 36.7 Å². The van der Waals surface area contributed by atoms with Crippen molar-refractivity contribution >= 4 is 5.82 Å². The van der Waals surface area contributed by atoms with E-state index in [0.717, 1.165) is 18.6 Å². The van der Waals surface area contributed by atoms with Crippen molar-refractivity contribution in [2.75, 3.05) is 11.9 Å². The summed E-state index contributed by atoms with van der Waals surface area (Å²) in [4.78, 5) is 8.06. The third kappa shape index (κ3) is 3.46. The topological polar surface area (TPSA) is 37.8 Å². The Labute approximate surface area is 114 Å². The van der Waals surface area contributed by atoms with E-state index in [-0.39, 0.29) is 11.5 Å². The molecule has 6 heteroatoms. The van der Waals surface area contributed by atoms with Gasteiger partial charge in [0.1, 0.15) is 5.82 Å². The molecule has 0 amide bonds. The number of pyridine rings is 2. The van der Waals surface area contributed by atoms with Crippen LogP contribution in [0.2, 0.25) is 0 Å². The first-order chi connectivity index (χ1) is 9.50. The third-order valence-corrected chi connectivity index (χ3v) is 2.68. The highest BCUT2D eigenvalue weighted by Crippen LogP contribution is 2.33. The maximum absolute atomic E-state index is 12.9. The van der Waals surface area contributed by atoms with Gasteiger partial charge < -0.3 is 5.32 Å². The predicted molar refractivity (Wildman–Crippen MR) is 71.3 cm³/mol. The molecule has 0 spiro atoms. The lowest BCUT2D eigenvalue weighted by molar-refractivity contribution is -0.137. The predicted octanol–water partition coefficient (Wildman–Crippen LogP) is 3.98. The van der Waals surface area contributed by atoms with Gasteiger partial charge in [0.15, 0.2) is 0 Å². The van der Waals surface area contributed by atoms with E-state index in [0.29, 0.717) is 12.1 Å². The molecule has 3 nitrogen and oxygen atoms in total. The monoisotopic (exact) mass is 281 g/mol. The van der Waals surface area contributed by atoms with Gasteiger partial charge in [-0.05, 0) is 30.7 Å². The molecule has 0 unspecified atom stereocenters. The van der Waals surface area contributed by atoms with Crippen molar-refractivity contribution in [1.29, 1.82) is 0 Å². The highest BCUT2D eigenvalue weighted by Gasteiger charge is 2.31. The molecule has 0 bridgehead atoms.